The molecule has 7 heteroatoms. The van der Waals surface area contributed by atoms with Crippen LogP contribution in [0.2, 0.25) is 0 Å². The lowest BCUT2D eigenvalue weighted by atomic mass is 10.2. The zero-order valence-electron chi connectivity index (χ0n) is 14.2. The maximum atomic E-state index is 13.0. The molecule has 1 aromatic heterocycles. The lowest BCUT2D eigenvalue weighted by molar-refractivity contribution is -0.892. The molecule has 2 heterocycles. The average molecular weight is 345 g/mol. The van der Waals surface area contributed by atoms with Crippen molar-refractivity contribution in [2.45, 2.75) is 6.92 Å². The molecular weight excluding hydrogens is 323 g/mol. The third kappa shape index (κ3) is 4.67. The second-order valence-electron chi connectivity index (χ2n) is 6.10. The van der Waals surface area contributed by atoms with Crippen molar-refractivity contribution in [3.63, 3.8) is 0 Å². The number of nitrogens with zero attached hydrogens (tertiary/aromatic N) is 2. The Balaban J connectivity index is 1.45. The minimum Gasteiger partial charge on any atom is -0.463 e. The number of piperazine rings is 1. The Morgan fingerprint density at radius 3 is 2.64 bits per heavy atom. The summed E-state index contributed by atoms with van der Waals surface area (Å²) < 4.78 is 18.2. The molecule has 6 nitrogen and oxygen atoms in total. The van der Waals surface area contributed by atoms with Gasteiger partial charge in [0.2, 0.25) is 0 Å². The Hall–Kier alpha value is -2.67. The van der Waals surface area contributed by atoms with Crippen molar-refractivity contribution >= 4 is 17.3 Å². The first-order chi connectivity index (χ1) is 12.1. The molecule has 3 rings (SSSR count). The molecule has 1 aromatic carbocycles. The highest BCUT2D eigenvalue weighted by Gasteiger charge is 2.22. The summed E-state index contributed by atoms with van der Waals surface area (Å²) in [6.07, 6.45) is 1.57. The molecule has 1 aliphatic heterocycles. The number of carbonyl (C=O) groups is 1. The maximum Gasteiger partial charge on any atom is 0.295 e. The number of hydrazone groups is 1. The lowest BCUT2D eigenvalue weighted by Crippen LogP contribution is -3.15. The van der Waals surface area contributed by atoms with Gasteiger partial charge in [0.25, 0.3) is 5.91 Å². The summed E-state index contributed by atoms with van der Waals surface area (Å²) >= 11 is 0. The van der Waals surface area contributed by atoms with E-state index in [0.717, 1.165) is 31.9 Å². The van der Waals surface area contributed by atoms with Gasteiger partial charge in [-0.1, -0.05) is 0 Å². The van der Waals surface area contributed by atoms with Crippen LogP contribution in [0.15, 0.2) is 52.2 Å². The Labute approximate surface area is 145 Å². The molecule has 1 saturated heterocycles. The van der Waals surface area contributed by atoms with Gasteiger partial charge in [0, 0.05) is 5.69 Å². The molecular formula is C18H22FN4O2+. The van der Waals surface area contributed by atoms with E-state index in [2.05, 4.69) is 15.4 Å². The van der Waals surface area contributed by atoms with Crippen molar-refractivity contribution in [2.24, 2.45) is 5.10 Å². The van der Waals surface area contributed by atoms with Crippen LogP contribution in [0.25, 0.3) is 0 Å². The Bertz CT molecular complexity index is 720. The highest BCUT2D eigenvalue weighted by molar-refractivity contribution is 5.96. The normalized spacial score (nSPS) is 16.1. The molecule has 1 fully saturated rings. The van der Waals surface area contributed by atoms with Crippen LogP contribution in [0.1, 0.15) is 12.7 Å². The molecule has 0 bridgehead atoms. The van der Waals surface area contributed by atoms with Gasteiger partial charge in [0.05, 0.1) is 32.4 Å². The second kappa shape index (κ2) is 7.94. The van der Waals surface area contributed by atoms with Crippen LogP contribution in [0.4, 0.5) is 10.1 Å². The van der Waals surface area contributed by atoms with Gasteiger partial charge in [-0.05, 0) is 43.3 Å². The predicted molar refractivity (Wildman–Crippen MR) is 93.2 cm³/mol. The van der Waals surface area contributed by atoms with E-state index in [9.17, 15) is 9.18 Å². The summed E-state index contributed by atoms with van der Waals surface area (Å²) in [6, 6.07) is 10.1. The van der Waals surface area contributed by atoms with Crippen LogP contribution < -0.4 is 15.2 Å². The van der Waals surface area contributed by atoms with E-state index in [0.29, 0.717) is 18.0 Å². The smallest absolute Gasteiger partial charge is 0.295 e. The van der Waals surface area contributed by atoms with Crippen molar-refractivity contribution in [3.8, 4) is 0 Å². The van der Waals surface area contributed by atoms with Gasteiger partial charge in [-0.3, -0.25) is 4.79 Å². The Morgan fingerprint density at radius 2 is 2.00 bits per heavy atom. The first-order valence-corrected chi connectivity index (χ1v) is 8.33. The number of furan rings is 1. The van der Waals surface area contributed by atoms with Crippen LogP contribution in [0.3, 0.4) is 0 Å². The molecule has 2 aromatic rings. The van der Waals surface area contributed by atoms with Gasteiger partial charge in [-0.25, -0.2) is 9.82 Å². The van der Waals surface area contributed by atoms with Gasteiger partial charge in [0.1, 0.15) is 17.3 Å². The summed E-state index contributed by atoms with van der Waals surface area (Å²) in [5.74, 6) is 0.298. The molecule has 0 aliphatic carbocycles. The molecule has 0 radical (unpaired) electrons. The van der Waals surface area contributed by atoms with E-state index in [1.165, 1.54) is 17.0 Å². The molecule has 1 amide bonds. The summed E-state index contributed by atoms with van der Waals surface area (Å²) in [4.78, 5) is 15.5. The largest absolute Gasteiger partial charge is 0.463 e. The fourth-order valence-corrected chi connectivity index (χ4v) is 2.86. The highest BCUT2D eigenvalue weighted by atomic mass is 19.1. The first kappa shape index (κ1) is 17.2. The molecule has 2 N–H and O–H groups in total. The van der Waals surface area contributed by atoms with E-state index >= 15 is 0 Å². The van der Waals surface area contributed by atoms with E-state index < -0.39 is 0 Å². The van der Waals surface area contributed by atoms with Gasteiger partial charge >= 0.3 is 0 Å². The molecule has 0 spiro atoms. The molecule has 132 valence electrons. The van der Waals surface area contributed by atoms with Crippen LogP contribution in [0.5, 0.6) is 0 Å². The topological polar surface area (TPSA) is 62.3 Å². The maximum absolute atomic E-state index is 13.0. The zero-order chi connectivity index (χ0) is 17.6. The summed E-state index contributed by atoms with van der Waals surface area (Å²) in [5, 5.41) is 4.07. The monoisotopic (exact) mass is 345 g/mol. The van der Waals surface area contributed by atoms with Crippen molar-refractivity contribution in [1.29, 1.82) is 0 Å². The number of halogens is 1. The third-order valence-electron chi connectivity index (χ3n) is 4.30. The number of nitrogens with one attached hydrogen (secondary N) is 2. The van der Waals surface area contributed by atoms with Crippen molar-refractivity contribution in [3.05, 3.63) is 54.2 Å². The average Bonchev–Trinajstić information content (AvgIpc) is 3.16. The first-order valence-electron chi connectivity index (χ1n) is 8.33. The van der Waals surface area contributed by atoms with Crippen LogP contribution >= 0.6 is 0 Å². The van der Waals surface area contributed by atoms with Crippen molar-refractivity contribution < 1.29 is 18.5 Å². The molecule has 1 aliphatic rings. The summed E-state index contributed by atoms with van der Waals surface area (Å²) in [5.41, 5.74) is 4.23. The fraction of sp³-hybridized carbons (Fsp3) is 0.333. The van der Waals surface area contributed by atoms with Crippen LogP contribution in [0, 0.1) is 5.82 Å². The number of benzene rings is 1. The number of amides is 1. The van der Waals surface area contributed by atoms with E-state index in [-0.39, 0.29) is 11.7 Å². The van der Waals surface area contributed by atoms with Crippen molar-refractivity contribution in [1.82, 2.24) is 5.43 Å². The van der Waals surface area contributed by atoms with Crippen LogP contribution in [-0.4, -0.2) is 44.3 Å². The standard InChI is InChI=1S/C18H21FN4O2/c1-14(17-3-2-12-25-17)20-21-18(24)13-22-8-10-23(11-9-22)16-6-4-15(19)5-7-16/h2-7,12H,8-11,13H2,1H3,(H,21,24)/p+1/b20-14-. The van der Waals surface area contributed by atoms with Gasteiger partial charge in [-0.2, -0.15) is 5.10 Å². The van der Waals surface area contributed by atoms with Crippen molar-refractivity contribution in [2.75, 3.05) is 37.6 Å². The van der Waals surface area contributed by atoms with Gasteiger partial charge < -0.3 is 14.2 Å². The highest BCUT2D eigenvalue weighted by Crippen LogP contribution is 2.14. The minimum atomic E-state index is -0.227. The van der Waals surface area contributed by atoms with Gasteiger partial charge in [0.15, 0.2) is 6.54 Å². The Kier molecular flexibility index (Phi) is 5.45. The third-order valence-corrected chi connectivity index (χ3v) is 4.30. The van der Waals surface area contributed by atoms with E-state index in [1.54, 1.807) is 37.5 Å². The fourth-order valence-electron chi connectivity index (χ4n) is 2.86. The van der Waals surface area contributed by atoms with E-state index in [4.69, 9.17) is 4.42 Å². The summed E-state index contributed by atoms with van der Waals surface area (Å²) in [7, 11) is 0. The lowest BCUT2D eigenvalue weighted by Gasteiger charge is -2.33. The number of hydrogen-bond acceptors (Lipinski definition) is 4. The minimum absolute atomic E-state index is 0.115. The van der Waals surface area contributed by atoms with E-state index in [1.807, 2.05) is 0 Å². The van der Waals surface area contributed by atoms with Crippen LogP contribution in [-0.2, 0) is 4.79 Å². The number of rotatable bonds is 5. The molecule has 0 saturated carbocycles. The summed E-state index contributed by atoms with van der Waals surface area (Å²) in [6.45, 7) is 5.54. The number of hydrogen-bond donors (Lipinski definition) is 2. The molecule has 0 atom stereocenters. The molecule has 0 unspecified atom stereocenters. The number of anilines is 1. The zero-order valence-corrected chi connectivity index (χ0v) is 14.2. The SMILES string of the molecule is C/C(=N/NC(=O)C[NH+]1CCN(c2ccc(F)cc2)CC1)c1ccco1. The predicted octanol–water partition coefficient (Wildman–Crippen LogP) is 0.664. The number of quaternary nitrogens is 1. The quantitative estimate of drug-likeness (QED) is 0.618. The second-order valence-corrected chi connectivity index (χ2v) is 6.10. The number of carbonyl (C=O) groups excluding carboxylic acids is 1. The molecule has 25 heavy (non-hydrogen) atoms. The Morgan fingerprint density at radius 1 is 1.28 bits per heavy atom. The van der Waals surface area contributed by atoms with Gasteiger partial charge in [-0.15, -0.1) is 0 Å².